The second kappa shape index (κ2) is 6.96. The third-order valence-corrected chi connectivity index (χ3v) is 3.35. The molecule has 1 heterocycles. The van der Waals surface area contributed by atoms with Gasteiger partial charge in [-0.3, -0.25) is 0 Å². The minimum atomic E-state index is 0.447. The summed E-state index contributed by atoms with van der Waals surface area (Å²) in [5.41, 5.74) is 2.99. The summed E-state index contributed by atoms with van der Waals surface area (Å²) >= 11 is 0. The Bertz CT molecular complexity index is 783. The zero-order valence-corrected chi connectivity index (χ0v) is 13.2. The van der Waals surface area contributed by atoms with Crippen molar-refractivity contribution in [3.05, 3.63) is 60.0 Å². The molecule has 1 aromatic heterocycles. The molecule has 0 bridgehead atoms. The zero-order chi connectivity index (χ0) is 16.1. The number of aromatic nitrogens is 2. The predicted molar refractivity (Wildman–Crippen MR) is 89.4 cm³/mol. The number of benzene rings is 2. The van der Waals surface area contributed by atoms with Crippen molar-refractivity contribution in [2.24, 2.45) is 0 Å². The van der Waals surface area contributed by atoms with E-state index in [1.54, 1.807) is 0 Å². The van der Waals surface area contributed by atoms with Gasteiger partial charge in [0, 0.05) is 5.56 Å². The van der Waals surface area contributed by atoms with Crippen LogP contribution in [0, 0.1) is 6.92 Å². The van der Waals surface area contributed by atoms with E-state index >= 15 is 0 Å². The first-order valence-electron chi connectivity index (χ1n) is 7.61. The van der Waals surface area contributed by atoms with Crippen molar-refractivity contribution in [1.82, 2.24) is 10.2 Å². The van der Waals surface area contributed by atoms with E-state index < -0.39 is 0 Å². The molecule has 3 aromatic rings. The second-order valence-electron chi connectivity index (χ2n) is 5.15. The van der Waals surface area contributed by atoms with E-state index in [0.29, 0.717) is 24.9 Å². The quantitative estimate of drug-likeness (QED) is 0.744. The second-order valence-corrected chi connectivity index (χ2v) is 5.15. The molecule has 0 aliphatic carbocycles. The number of anilines is 1. The molecule has 0 amide bonds. The van der Waals surface area contributed by atoms with Gasteiger partial charge in [-0.2, -0.15) is 0 Å². The highest BCUT2D eigenvalue weighted by atomic mass is 16.5. The molecule has 0 saturated carbocycles. The normalized spacial score (nSPS) is 10.5. The van der Waals surface area contributed by atoms with Gasteiger partial charge in [0.25, 0.3) is 0 Å². The number of ether oxygens (including phenoxy) is 1. The van der Waals surface area contributed by atoms with Gasteiger partial charge in [0.05, 0.1) is 18.8 Å². The number of rotatable bonds is 6. The maximum atomic E-state index is 5.72. The van der Waals surface area contributed by atoms with E-state index in [9.17, 15) is 0 Å². The molecule has 0 atom stereocenters. The molecule has 0 spiro atoms. The summed E-state index contributed by atoms with van der Waals surface area (Å²) in [7, 11) is 0. The monoisotopic (exact) mass is 309 g/mol. The van der Waals surface area contributed by atoms with E-state index in [1.165, 1.54) is 0 Å². The van der Waals surface area contributed by atoms with Crippen LogP contribution in [-0.2, 0) is 6.54 Å². The van der Waals surface area contributed by atoms with Crippen molar-refractivity contribution in [2.45, 2.75) is 20.4 Å². The van der Waals surface area contributed by atoms with Gasteiger partial charge in [0.15, 0.2) is 0 Å². The molecule has 5 nitrogen and oxygen atoms in total. The van der Waals surface area contributed by atoms with Gasteiger partial charge in [-0.05, 0) is 38.1 Å². The average molecular weight is 309 g/mol. The molecular weight excluding hydrogens is 290 g/mol. The number of nitrogens with zero attached hydrogens (tertiary/aromatic N) is 2. The van der Waals surface area contributed by atoms with Crippen LogP contribution in [0.3, 0.4) is 0 Å². The molecule has 1 N–H and O–H groups in total. The molecular formula is C18H19N3O2. The Morgan fingerprint density at radius 3 is 2.78 bits per heavy atom. The highest BCUT2D eigenvalue weighted by molar-refractivity contribution is 5.56. The Kier molecular flexibility index (Phi) is 4.57. The van der Waals surface area contributed by atoms with Crippen molar-refractivity contribution >= 4 is 5.69 Å². The lowest BCUT2D eigenvalue weighted by Crippen LogP contribution is -2.02. The van der Waals surface area contributed by atoms with Gasteiger partial charge in [-0.1, -0.05) is 29.8 Å². The van der Waals surface area contributed by atoms with Gasteiger partial charge < -0.3 is 14.5 Å². The van der Waals surface area contributed by atoms with E-state index in [-0.39, 0.29) is 0 Å². The topological polar surface area (TPSA) is 60.2 Å². The van der Waals surface area contributed by atoms with Crippen LogP contribution < -0.4 is 10.1 Å². The lowest BCUT2D eigenvalue weighted by Gasteiger charge is -2.10. The van der Waals surface area contributed by atoms with Crippen molar-refractivity contribution in [3.8, 4) is 17.2 Å². The predicted octanol–water partition coefficient (Wildman–Crippen LogP) is 4.06. The lowest BCUT2D eigenvalue weighted by atomic mass is 10.1. The standard InChI is InChI=1S/C18H19N3O2/c1-3-22-16-10-5-4-9-15(16)19-12-17-20-21-18(23-17)14-8-6-7-13(2)11-14/h4-11,19H,3,12H2,1-2H3. The van der Waals surface area contributed by atoms with Gasteiger partial charge in [0.1, 0.15) is 5.75 Å². The number of hydrogen-bond donors (Lipinski definition) is 1. The Labute approximate surface area is 135 Å². The van der Waals surface area contributed by atoms with E-state index in [0.717, 1.165) is 22.6 Å². The van der Waals surface area contributed by atoms with Crippen molar-refractivity contribution < 1.29 is 9.15 Å². The van der Waals surface area contributed by atoms with Crippen LogP contribution in [0.15, 0.2) is 52.9 Å². The van der Waals surface area contributed by atoms with Crippen LogP contribution in [0.5, 0.6) is 5.75 Å². The number of aryl methyl sites for hydroxylation is 1. The van der Waals surface area contributed by atoms with Gasteiger partial charge in [-0.25, -0.2) is 0 Å². The van der Waals surface area contributed by atoms with Crippen LogP contribution in [0.25, 0.3) is 11.5 Å². The number of nitrogens with one attached hydrogen (secondary N) is 1. The van der Waals surface area contributed by atoms with E-state index in [2.05, 4.69) is 15.5 Å². The summed E-state index contributed by atoms with van der Waals surface area (Å²) in [6.45, 7) is 5.07. The summed E-state index contributed by atoms with van der Waals surface area (Å²) in [4.78, 5) is 0. The Morgan fingerprint density at radius 1 is 1.09 bits per heavy atom. The molecule has 118 valence electrons. The fourth-order valence-electron chi connectivity index (χ4n) is 2.28. The maximum absolute atomic E-state index is 5.72. The number of para-hydroxylation sites is 2. The van der Waals surface area contributed by atoms with Crippen molar-refractivity contribution in [3.63, 3.8) is 0 Å². The molecule has 0 aliphatic rings. The summed E-state index contributed by atoms with van der Waals surface area (Å²) < 4.78 is 11.3. The van der Waals surface area contributed by atoms with Gasteiger partial charge in [-0.15, -0.1) is 10.2 Å². The summed E-state index contributed by atoms with van der Waals surface area (Å²) in [5.74, 6) is 1.88. The van der Waals surface area contributed by atoms with Gasteiger partial charge >= 0.3 is 0 Å². The van der Waals surface area contributed by atoms with Crippen molar-refractivity contribution in [2.75, 3.05) is 11.9 Å². The van der Waals surface area contributed by atoms with Gasteiger partial charge in [0.2, 0.25) is 11.8 Å². The fraction of sp³-hybridized carbons (Fsp3) is 0.222. The molecule has 5 heteroatoms. The lowest BCUT2D eigenvalue weighted by molar-refractivity contribution is 0.341. The summed E-state index contributed by atoms with van der Waals surface area (Å²) in [6.07, 6.45) is 0. The highest BCUT2D eigenvalue weighted by Gasteiger charge is 2.09. The third-order valence-electron chi connectivity index (χ3n) is 3.35. The molecule has 23 heavy (non-hydrogen) atoms. The first-order valence-corrected chi connectivity index (χ1v) is 7.61. The Hall–Kier alpha value is -2.82. The summed E-state index contributed by atoms with van der Waals surface area (Å²) in [6, 6.07) is 15.8. The molecule has 0 saturated heterocycles. The smallest absolute Gasteiger partial charge is 0.247 e. The molecule has 2 aromatic carbocycles. The van der Waals surface area contributed by atoms with E-state index in [4.69, 9.17) is 9.15 Å². The molecule has 3 rings (SSSR count). The Morgan fingerprint density at radius 2 is 1.96 bits per heavy atom. The largest absolute Gasteiger partial charge is 0.492 e. The molecule has 0 fully saturated rings. The van der Waals surface area contributed by atoms with Crippen LogP contribution in [0.1, 0.15) is 18.4 Å². The SMILES string of the molecule is CCOc1ccccc1NCc1nnc(-c2cccc(C)c2)o1. The Balaban J connectivity index is 1.70. The van der Waals surface area contributed by atoms with E-state index in [1.807, 2.05) is 62.4 Å². The molecule has 0 unspecified atom stereocenters. The maximum Gasteiger partial charge on any atom is 0.247 e. The highest BCUT2D eigenvalue weighted by Crippen LogP contribution is 2.25. The minimum Gasteiger partial charge on any atom is -0.492 e. The minimum absolute atomic E-state index is 0.447. The van der Waals surface area contributed by atoms with Crippen LogP contribution in [0.4, 0.5) is 5.69 Å². The third kappa shape index (κ3) is 3.69. The molecule has 0 radical (unpaired) electrons. The first-order chi connectivity index (χ1) is 11.3. The first kappa shape index (κ1) is 15.1. The average Bonchev–Trinajstić information content (AvgIpc) is 3.03. The van der Waals surface area contributed by atoms with Crippen LogP contribution >= 0.6 is 0 Å². The summed E-state index contributed by atoms with van der Waals surface area (Å²) in [5, 5.41) is 11.5. The number of hydrogen-bond acceptors (Lipinski definition) is 5. The van der Waals surface area contributed by atoms with Crippen LogP contribution in [0.2, 0.25) is 0 Å². The fourth-order valence-corrected chi connectivity index (χ4v) is 2.28. The van der Waals surface area contributed by atoms with Crippen LogP contribution in [-0.4, -0.2) is 16.8 Å². The molecule has 0 aliphatic heterocycles. The zero-order valence-electron chi connectivity index (χ0n) is 13.2. The van der Waals surface area contributed by atoms with Crippen molar-refractivity contribution in [1.29, 1.82) is 0 Å².